The molecule has 3 rings (SSSR count). The van der Waals surface area contributed by atoms with Gasteiger partial charge in [-0.25, -0.2) is 0 Å². The van der Waals surface area contributed by atoms with Crippen LogP contribution in [0, 0.1) is 0 Å². The minimum Gasteiger partial charge on any atom is -0.378 e. The third-order valence-corrected chi connectivity index (χ3v) is 5.45. The zero-order valence-electron chi connectivity index (χ0n) is 17.9. The molecule has 0 unspecified atom stereocenters. The van der Waals surface area contributed by atoms with Crippen LogP contribution in [-0.2, 0) is 14.3 Å². The largest absolute Gasteiger partial charge is 0.378 e. The van der Waals surface area contributed by atoms with Crippen LogP contribution in [0.4, 0.5) is 11.4 Å². The van der Waals surface area contributed by atoms with Gasteiger partial charge in [-0.1, -0.05) is 29.8 Å². The van der Waals surface area contributed by atoms with Crippen molar-refractivity contribution in [2.75, 3.05) is 56.7 Å². The van der Waals surface area contributed by atoms with Crippen LogP contribution >= 0.6 is 11.6 Å². The fourth-order valence-corrected chi connectivity index (χ4v) is 3.81. The lowest BCUT2D eigenvalue weighted by Crippen LogP contribution is -2.39. The molecule has 31 heavy (non-hydrogen) atoms. The Morgan fingerprint density at radius 2 is 1.71 bits per heavy atom. The van der Waals surface area contributed by atoms with Crippen LogP contribution in [0.1, 0.15) is 18.5 Å². The summed E-state index contributed by atoms with van der Waals surface area (Å²) in [5.74, 6) is -0.342. The minimum absolute atomic E-state index is 0.109. The van der Waals surface area contributed by atoms with Crippen LogP contribution in [0.15, 0.2) is 48.5 Å². The molecule has 1 saturated heterocycles. The first-order valence-electron chi connectivity index (χ1n) is 10.4. The van der Waals surface area contributed by atoms with E-state index in [9.17, 15) is 9.59 Å². The van der Waals surface area contributed by atoms with Gasteiger partial charge in [0.15, 0.2) is 0 Å². The number of halogens is 1. The van der Waals surface area contributed by atoms with Crippen molar-refractivity contribution >= 4 is 34.8 Å². The molecule has 1 heterocycles. The average molecular weight is 445 g/mol. The van der Waals surface area contributed by atoms with Crippen LogP contribution in [0.2, 0.25) is 5.02 Å². The lowest BCUT2D eigenvalue weighted by Gasteiger charge is -2.28. The Balaban J connectivity index is 1.43. The molecule has 2 aromatic rings. The van der Waals surface area contributed by atoms with Crippen molar-refractivity contribution in [1.82, 2.24) is 10.2 Å². The third kappa shape index (κ3) is 6.95. The maximum atomic E-state index is 12.4. The summed E-state index contributed by atoms with van der Waals surface area (Å²) in [6.07, 6.45) is 0. The van der Waals surface area contributed by atoms with E-state index in [2.05, 4.69) is 15.5 Å². The standard InChI is InChI=1S/C23H29ClN4O3/c1-17(20-5-3-4-6-21(20)24)25-22(29)15-27(2)16-23(30)26-18-7-9-19(10-8-18)28-11-13-31-14-12-28/h3-10,17H,11-16H2,1-2H3,(H,25,29)(H,26,30)/t17-/m0/s1. The molecule has 7 nitrogen and oxygen atoms in total. The highest BCUT2D eigenvalue weighted by Crippen LogP contribution is 2.22. The van der Waals surface area contributed by atoms with Gasteiger partial charge in [-0.05, 0) is 49.9 Å². The van der Waals surface area contributed by atoms with Crippen LogP contribution in [-0.4, -0.2) is 63.2 Å². The maximum Gasteiger partial charge on any atom is 0.238 e. The van der Waals surface area contributed by atoms with E-state index in [4.69, 9.17) is 16.3 Å². The van der Waals surface area contributed by atoms with E-state index >= 15 is 0 Å². The average Bonchev–Trinajstić information content (AvgIpc) is 2.74. The number of carbonyl (C=O) groups is 2. The van der Waals surface area contributed by atoms with E-state index in [-0.39, 0.29) is 30.9 Å². The molecule has 1 aliphatic heterocycles. The first kappa shape index (κ1) is 23.1. The number of amides is 2. The summed E-state index contributed by atoms with van der Waals surface area (Å²) in [4.78, 5) is 28.6. The second-order valence-electron chi connectivity index (χ2n) is 7.68. The number of nitrogens with one attached hydrogen (secondary N) is 2. The molecule has 0 aromatic heterocycles. The molecule has 1 aliphatic rings. The lowest BCUT2D eigenvalue weighted by molar-refractivity contribution is -0.123. The van der Waals surface area contributed by atoms with Gasteiger partial charge in [0.2, 0.25) is 11.8 Å². The topological polar surface area (TPSA) is 73.9 Å². The number of hydrogen-bond donors (Lipinski definition) is 2. The van der Waals surface area contributed by atoms with Crippen molar-refractivity contribution in [3.8, 4) is 0 Å². The predicted octanol–water partition coefficient (Wildman–Crippen LogP) is 2.92. The third-order valence-electron chi connectivity index (χ3n) is 5.10. The summed E-state index contributed by atoms with van der Waals surface area (Å²) in [6.45, 7) is 5.30. The number of rotatable bonds is 8. The van der Waals surface area contributed by atoms with Crippen LogP contribution in [0.5, 0.6) is 0 Å². The van der Waals surface area contributed by atoms with Gasteiger partial charge in [0.25, 0.3) is 0 Å². The highest BCUT2D eigenvalue weighted by atomic mass is 35.5. The lowest BCUT2D eigenvalue weighted by atomic mass is 10.1. The Hall–Kier alpha value is -2.61. The van der Waals surface area contributed by atoms with Crippen molar-refractivity contribution in [2.45, 2.75) is 13.0 Å². The monoisotopic (exact) mass is 444 g/mol. The second-order valence-corrected chi connectivity index (χ2v) is 8.08. The van der Waals surface area contributed by atoms with Crippen molar-refractivity contribution in [2.24, 2.45) is 0 Å². The van der Waals surface area contributed by atoms with E-state index in [1.54, 1.807) is 18.0 Å². The molecule has 2 aromatic carbocycles. The van der Waals surface area contributed by atoms with Gasteiger partial charge < -0.3 is 20.3 Å². The molecule has 0 saturated carbocycles. The first-order valence-corrected chi connectivity index (χ1v) is 10.7. The fraction of sp³-hybridized carbons (Fsp3) is 0.391. The minimum atomic E-state index is -0.214. The zero-order chi connectivity index (χ0) is 22.2. The fourth-order valence-electron chi connectivity index (χ4n) is 3.51. The highest BCUT2D eigenvalue weighted by Gasteiger charge is 2.16. The summed E-state index contributed by atoms with van der Waals surface area (Å²) in [7, 11) is 1.74. The van der Waals surface area contributed by atoms with E-state index < -0.39 is 0 Å². The Bertz CT molecular complexity index is 885. The Kier molecular flexibility index (Phi) is 8.28. The molecule has 2 N–H and O–H groups in total. The number of anilines is 2. The highest BCUT2D eigenvalue weighted by molar-refractivity contribution is 6.31. The van der Waals surface area contributed by atoms with Gasteiger partial charge in [0.1, 0.15) is 0 Å². The summed E-state index contributed by atoms with van der Waals surface area (Å²) in [6, 6.07) is 15.0. The molecular formula is C23H29ClN4O3. The van der Waals surface area contributed by atoms with Gasteiger partial charge >= 0.3 is 0 Å². The Morgan fingerprint density at radius 3 is 2.39 bits per heavy atom. The molecule has 8 heteroatoms. The van der Waals surface area contributed by atoms with Crippen molar-refractivity contribution in [3.05, 3.63) is 59.1 Å². The normalized spacial score (nSPS) is 14.9. The van der Waals surface area contributed by atoms with Gasteiger partial charge in [-0.2, -0.15) is 0 Å². The Morgan fingerprint density at radius 1 is 1.06 bits per heavy atom. The van der Waals surface area contributed by atoms with Crippen LogP contribution in [0.25, 0.3) is 0 Å². The number of carbonyl (C=O) groups excluding carboxylic acids is 2. The number of morpholine rings is 1. The van der Waals surface area contributed by atoms with Gasteiger partial charge in [-0.15, -0.1) is 0 Å². The summed E-state index contributed by atoms with van der Waals surface area (Å²) in [5, 5.41) is 6.41. The van der Waals surface area contributed by atoms with Gasteiger partial charge in [-0.3, -0.25) is 14.5 Å². The van der Waals surface area contributed by atoms with Crippen molar-refractivity contribution in [3.63, 3.8) is 0 Å². The quantitative estimate of drug-likeness (QED) is 0.655. The van der Waals surface area contributed by atoms with Gasteiger partial charge in [0, 0.05) is 29.5 Å². The zero-order valence-corrected chi connectivity index (χ0v) is 18.7. The molecule has 2 amide bonds. The van der Waals surface area contributed by atoms with E-state index in [0.29, 0.717) is 5.02 Å². The molecule has 166 valence electrons. The molecule has 0 bridgehead atoms. The maximum absolute atomic E-state index is 12.4. The first-order chi connectivity index (χ1) is 14.9. The molecule has 0 spiro atoms. The number of likely N-dealkylation sites (N-methyl/N-ethyl adjacent to an activating group) is 1. The molecular weight excluding hydrogens is 416 g/mol. The molecule has 1 fully saturated rings. The molecule has 0 aliphatic carbocycles. The summed E-state index contributed by atoms with van der Waals surface area (Å²) >= 11 is 6.19. The van der Waals surface area contributed by atoms with E-state index in [1.807, 2.05) is 49.4 Å². The molecule has 1 atom stereocenters. The summed E-state index contributed by atoms with van der Waals surface area (Å²) < 4.78 is 5.37. The predicted molar refractivity (Wildman–Crippen MR) is 124 cm³/mol. The number of nitrogens with zero attached hydrogens (tertiary/aromatic N) is 2. The van der Waals surface area contributed by atoms with E-state index in [0.717, 1.165) is 43.2 Å². The number of ether oxygens (including phenoxy) is 1. The van der Waals surface area contributed by atoms with Crippen molar-refractivity contribution < 1.29 is 14.3 Å². The SMILES string of the molecule is C[C@H](NC(=O)CN(C)CC(=O)Nc1ccc(N2CCOCC2)cc1)c1ccccc1Cl. The number of benzene rings is 2. The smallest absolute Gasteiger partial charge is 0.238 e. The van der Waals surface area contributed by atoms with E-state index in [1.165, 1.54) is 0 Å². The summed E-state index contributed by atoms with van der Waals surface area (Å²) in [5.41, 5.74) is 2.70. The number of hydrogen-bond acceptors (Lipinski definition) is 5. The van der Waals surface area contributed by atoms with Crippen LogP contribution < -0.4 is 15.5 Å². The van der Waals surface area contributed by atoms with Crippen LogP contribution in [0.3, 0.4) is 0 Å². The molecule has 0 radical (unpaired) electrons. The second kappa shape index (κ2) is 11.1. The van der Waals surface area contributed by atoms with Crippen molar-refractivity contribution in [1.29, 1.82) is 0 Å². The van der Waals surface area contributed by atoms with Gasteiger partial charge in [0.05, 0.1) is 32.3 Å². The Labute approximate surface area is 188 Å².